The first kappa shape index (κ1) is 13.1. The zero-order valence-electron chi connectivity index (χ0n) is 11.1. The fourth-order valence-electron chi connectivity index (χ4n) is 2.52. The van der Waals surface area contributed by atoms with Gasteiger partial charge in [-0.1, -0.05) is 46.3 Å². The van der Waals surface area contributed by atoms with Crippen molar-refractivity contribution < 1.29 is 4.79 Å². The molecule has 0 saturated carbocycles. The summed E-state index contributed by atoms with van der Waals surface area (Å²) in [5.41, 5.74) is 3.80. The zero-order chi connectivity index (χ0) is 14.1. The lowest BCUT2D eigenvalue weighted by Gasteiger charge is -2.13. The fraction of sp³-hybridized carbons (Fsp3) is 0.118. The first-order valence-electron chi connectivity index (χ1n) is 6.59. The molecule has 100 valence electrons. The summed E-state index contributed by atoms with van der Waals surface area (Å²) in [6, 6.07) is 15.9. The molecule has 0 bridgehead atoms. The summed E-state index contributed by atoms with van der Waals surface area (Å²) < 4.78 is 1.01. The summed E-state index contributed by atoms with van der Waals surface area (Å²) in [5, 5.41) is 0. The van der Waals surface area contributed by atoms with Gasteiger partial charge in [0.05, 0.1) is 5.69 Å². The van der Waals surface area contributed by atoms with Gasteiger partial charge in [-0.3, -0.25) is 4.79 Å². The number of likely N-dealkylation sites (N-methyl/N-ethyl adjacent to an activating group) is 1. The summed E-state index contributed by atoms with van der Waals surface area (Å²) >= 11 is 3.46. The van der Waals surface area contributed by atoms with E-state index < -0.39 is 0 Å². The monoisotopic (exact) mass is 327 g/mol. The van der Waals surface area contributed by atoms with Crippen molar-refractivity contribution in [2.45, 2.75) is 6.92 Å². The second-order valence-corrected chi connectivity index (χ2v) is 5.60. The molecular weight excluding hydrogens is 314 g/mol. The highest BCUT2D eigenvalue weighted by atomic mass is 79.9. The number of anilines is 1. The minimum absolute atomic E-state index is 0.0775. The SMILES string of the molecule is CCN1C(=O)/C(=C\c2cccc(Br)c2)c2ccccc21. The molecule has 0 N–H and O–H groups in total. The van der Waals surface area contributed by atoms with Gasteiger partial charge in [0.2, 0.25) is 0 Å². The van der Waals surface area contributed by atoms with E-state index in [4.69, 9.17) is 0 Å². The van der Waals surface area contributed by atoms with E-state index in [1.807, 2.05) is 66.4 Å². The molecule has 0 unspecified atom stereocenters. The summed E-state index contributed by atoms with van der Waals surface area (Å²) in [7, 11) is 0. The van der Waals surface area contributed by atoms with Crippen molar-refractivity contribution in [3.63, 3.8) is 0 Å². The van der Waals surface area contributed by atoms with Crippen LogP contribution >= 0.6 is 15.9 Å². The Balaban J connectivity index is 2.12. The van der Waals surface area contributed by atoms with Gasteiger partial charge in [0.25, 0.3) is 5.91 Å². The minimum atomic E-state index is 0.0775. The third-order valence-electron chi connectivity index (χ3n) is 3.44. The van der Waals surface area contributed by atoms with Gasteiger partial charge in [-0.25, -0.2) is 0 Å². The molecule has 0 saturated heterocycles. The first-order valence-corrected chi connectivity index (χ1v) is 7.38. The van der Waals surface area contributed by atoms with Crippen LogP contribution in [0.3, 0.4) is 0 Å². The Morgan fingerprint density at radius 2 is 1.95 bits per heavy atom. The number of carbonyl (C=O) groups excluding carboxylic acids is 1. The highest BCUT2D eigenvalue weighted by molar-refractivity contribution is 9.10. The Bertz CT molecular complexity index is 706. The van der Waals surface area contributed by atoms with Crippen molar-refractivity contribution in [1.82, 2.24) is 0 Å². The Labute approximate surface area is 126 Å². The van der Waals surface area contributed by atoms with Crippen LogP contribution in [0.5, 0.6) is 0 Å². The van der Waals surface area contributed by atoms with Crippen molar-refractivity contribution >= 4 is 39.2 Å². The van der Waals surface area contributed by atoms with E-state index in [2.05, 4.69) is 15.9 Å². The smallest absolute Gasteiger partial charge is 0.258 e. The van der Waals surface area contributed by atoms with E-state index in [1.54, 1.807) is 0 Å². The van der Waals surface area contributed by atoms with Crippen molar-refractivity contribution in [2.24, 2.45) is 0 Å². The number of nitrogens with zero attached hydrogens (tertiary/aromatic N) is 1. The van der Waals surface area contributed by atoms with Crippen molar-refractivity contribution in [3.8, 4) is 0 Å². The molecule has 0 fully saturated rings. The molecule has 0 radical (unpaired) electrons. The number of fused-ring (bicyclic) bond motifs is 1. The third kappa shape index (κ3) is 2.18. The van der Waals surface area contributed by atoms with Gasteiger partial charge in [0.1, 0.15) is 0 Å². The van der Waals surface area contributed by atoms with Gasteiger partial charge < -0.3 is 4.90 Å². The average molecular weight is 328 g/mol. The topological polar surface area (TPSA) is 20.3 Å². The predicted molar refractivity (Wildman–Crippen MR) is 86.5 cm³/mol. The van der Waals surface area contributed by atoms with E-state index in [0.29, 0.717) is 6.54 Å². The quantitative estimate of drug-likeness (QED) is 0.750. The predicted octanol–water partition coefficient (Wildman–Crippen LogP) is 4.36. The summed E-state index contributed by atoms with van der Waals surface area (Å²) in [4.78, 5) is 14.3. The molecule has 0 aliphatic carbocycles. The largest absolute Gasteiger partial charge is 0.308 e. The van der Waals surface area contributed by atoms with Crippen LogP contribution in [-0.4, -0.2) is 12.5 Å². The van der Waals surface area contributed by atoms with Crippen LogP contribution in [-0.2, 0) is 4.79 Å². The van der Waals surface area contributed by atoms with Crippen LogP contribution in [0.4, 0.5) is 5.69 Å². The second kappa shape index (κ2) is 5.25. The van der Waals surface area contributed by atoms with Gasteiger partial charge >= 0.3 is 0 Å². The van der Waals surface area contributed by atoms with Crippen molar-refractivity contribution in [3.05, 3.63) is 64.1 Å². The number of benzene rings is 2. The van der Waals surface area contributed by atoms with E-state index in [1.165, 1.54) is 0 Å². The number of hydrogen-bond acceptors (Lipinski definition) is 1. The molecule has 2 nitrogen and oxygen atoms in total. The lowest BCUT2D eigenvalue weighted by Crippen LogP contribution is -2.25. The Morgan fingerprint density at radius 1 is 1.15 bits per heavy atom. The lowest BCUT2D eigenvalue weighted by atomic mass is 10.0. The molecule has 0 aromatic heterocycles. The number of halogens is 1. The van der Waals surface area contributed by atoms with Crippen LogP contribution in [0.15, 0.2) is 53.0 Å². The zero-order valence-corrected chi connectivity index (χ0v) is 12.7. The minimum Gasteiger partial charge on any atom is -0.308 e. The van der Waals surface area contributed by atoms with Gasteiger partial charge in [-0.05, 0) is 36.8 Å². The van der Waals surface area contributed by atoms with Crippen LogP contribution in [0.2, 0.25) is 0 Å². The van der Waals surface area contributed by atoms with Gasteiger partial charge in [-0.15, -0.1) is 0 Å². The number of rotatable bonds is 2. The van der Waals surface area contributed by atoms with Crippen LogP contribution in [0.1, 0.15) is 18.1 Å². The Kier molecular flexibility index (Phi) is 3.45. The standard InChI is InChI=1S/C17H14BrNO/c1-2-19-16-9-4-3-8-14(16)15(17(19)20)11-12-6-5-7-13(18)10-12/h3-11H,2H2,1H3/b15-11-. The molecule has 1 heterocycles. The van der Waals surface area contributed by atoms with Crippen LogP contribution in [0, 0.1) is 0 Å². The molecule has 0 spiro atoms. The molecule has 20 heavy (non-hydrogen) atoms. The molecule has 1 aliphatic rings. The average Bonchev–Trinajstić information content (AvgIpc) is 2.72. The highest BCUT2D eigenvalue weighted by Crippen LogP contribution is 2.37. The van der Waals surface area contributed by atoms with Crippen molar-refractivity contribution in [1.29, 1.82) is 0 Å². The molecule has 3 heteroatoms. The van der Waals surface area contributed by atoms with Gasteiger partial charge in [0, 0.05) is 22.2 Å². The van der Waals surface area contributed by atoms with E-state index >= 15 is 0 Å². The fourth-order valence-corrected chi connectivity index (χ4v) is 2.94. The highest BCUT2D eigenvalue weighted by Gasteiger charge is 2.30. The van der Waals surface area contributed by atoms with Gasteiger partial charge in [0.15, 0.2) is 0 Å². The Morgan fingerprint density at radius 3 is 2.70 bits per heavy atom. The second-order valence-electron chi connectivity index (χ2n) is 4.68. The summed E-state index contributed by atoms with van der Waals surface area (Å²) in [6.45, 7) is 2.68. The number of amides is 1. The van der Waals surface area contributed by atoms with E-state index in [0.717, 1.165) is 26.9 Å². The van der Waals surface area contributed by atoms with E-state index in [9.17, 15) is 4.79 Å². The molecule has 3 rings (SSSR count). The summed E-state index contributed by atoms with van der Waals surface area (Å²) in [5.74, 6) is 0.0775. The lowest BCUT2D eigenvalue weighted by molar-refractivity contribution is -0.112. The number of hydrogen-bond donors (Lipinski definition) is 0. The van der Waals surface area contributed by atoms with Crippen LogP contribution in [0.25, 0.3) is 11.6 Å². The van der Waals surface area contributed by atoms with Crippen LogP contribution < -0.4 is 4.90 Å². The maximum atomic E-state index is 12.5. The maximum absolute atomic E-state index is 12.5. The third-order valence-corrected chi connectivity index (χ3v) is 3.93. The molecular formula is C17H14BrNO. The normalized spacial score (nSPS) is 15.8. The van der Waals surface area contributed by atoms with E-state index in [-0.39, 0.29) is 5.91 Å². The maximum Gasteiger partial charge on any atom is 0.258 e. The first-order chi connectivity index (χ1) is 9.70. The molecule has 2 aromatic rings. The Hall–Kier alpha value is -1.87. The number of para-hydroxylation sites is 1. The molecule has 1 aliphatic heterocycles. The summed E-state index contributed by atoms with van der Waals surface area (Å²) in [6.07, 6.45) is 1.96. The molecule has 1 amide bonds. The van der Waals surface area contributed by atoms with Gasteiger partial charge in [-0.2, -0.15) is 0 Å². The molecule has 0 atom stereocenters. The number of carbonyl (C=O) groups is 1. The van der Waals surface area contributed by atoms with Crippen molar-refractivity contribution in [2.75, 3.05) is 11.4 Å². The molecule has 2 aromatic carbocycles.